The minimum atomic E-state index is -3.66. The summed E-state index contributed by atoms with van der Waals surface area (Å²) in [6.45, 7) is 6.10. The van der Waals surface area contributed by atoms with E-state index >= 15 is 0 Å². The molecule has 3 heterocycles. The molecule has 1 aliphatic heterocycles. The molecule has 0 bridgehead atoms. The van der Waals surface area contributed by atoms with Gasteiger partial charge in [-0.15, -0.1) is 6.58 Å². The Labute approximate surface area is 214 Å². The third-order valence-corrected chi connectivity index (χ3v) is 7.59. The van der Waals surface area contributed by atoms with Gasteiger partial charge in [-0.2, -0.15) is 4.31 Å². The number of sulfonamides is 1. The third-order valence-electron chi connectivity index (χ3n) is 5.75. The summed E-state index contributed by atoms with van der Waals surface area (Å²) in [5.41, 5.74) is 1.19. The summed E-state index contributed by atoms with van der Waals surface area (Å²) < 4.78 is 33.8. The van der Waals surface area contributed by atoms with E-state index in [1.165, 1.54) is 54.3 Å². The second-order valence-corrected chi connectivity index (χ2v) is 10.3. The van der Waals surface area contributed by atoms with Gasteiger partial charge >= 0.3 is 6.03 Å². The summed E-state index contributed by atoms with van der Waals surface area (Å²) in [6, 6.07) is 5.19. The van der Waals surface area contributed by atoms with E-state index in [0.29, 0.717) is 36.2 Å². The number of carbonyl (C=O) groups excluding carboxylic acids is 2. The minimum Gasteiger partial charge on any atom is -0.354 e. The van der Waals surface area contributed by atoms with Gasteiger partial charge in [0.05, 0.1) is 11.2 Å². The highest BCUT2D eigenvalue weighted by Gasteiger charge is 2.32. The average molecular weight is 529 g/mol. The number of ether oxygens (including phenoxy) is 1. The molecule has 0 aliphatic carbocycles. The molecule has 2 aromatic heterocycles. The van der Waals surface area contributed by atoms with Gasteiger partial charge in [-0.3, -0.25) is 14.7 Å². The first-order valence-electron chi connectivity index (χ1n) is 11.6. The fourth-order valence-electron chi connectivity index (χ4n) is 3.90. The molecular formula is C23H28N8O5S. The van der Waals surface area contributed by atoms with Crippen molar-refractivity contribution in [2.45, 2.75) is 37.0 Å². The number of nitrogens with zero attached hydrogens (tertiary/aromatic N) is 5. The number of urea groups is 1. The van der Waals surface area contributed by atoms with Crippen LogP contribution >= 0.6 is 0 Å². The summed E-state index contributed by atoms with van der Waals surface area (Å²) in [4.78, 5) is 37.5. The van der Waals surface area contributed by atoms with Gasteiger partial charge in [0, 0.05) is 25.8 Å². The number of fused-ring (bicyclic) bond motifs is 1. The lowest BCUT2D eigenvalue weighted by Gasteiger charge is -2.15. The second kappa shape index (κ2) is 11.0. The minimum absolute atomic E-state index is 0.0920. The summed E-state index contributed by atoms with van der Waals surface area (Å²) in [6.07, 6.45) is 4.54. The Morgan fingerprint density at radius 1 is 1.19 bits per heavy atom. The molecule has 1 fully saturated rings. The predicted octanol–water partition coefficient (Wildman–Crippen LogP) is 2.09. The maximum absolute atomic E-state index is 12.6. The van der Waals surface area contributed by atoms with E-state index in [0.717, 1.165) is 0 Å². The number of nitrogens with one attached hydrogen (secondary N) is 3. The molecule has 2 atom stereocenters. The smallest absolute Gasteiger partial charge is 0.324 e. The molecule has 196 valence electrons. The highest BCUT2D eigenvalue weighted by molar-refractivity contribution is 7.89. The standard InChI is InChI=1S/C23H28N8O5S/c1-4-12-30(3)37(34,35)16-8-6-15(7-9-16)28-23(33)29-20-19-21(26-13-25-20)31(14-27-19)18-11-10-17(36-18)22(32)24-5-2/h4,6-9,13-14,17-18H,1,5,10-12H2,2-3H3,(H,24,32)(H2,25,26,28,29,33)/t17-,18+/m0/s1. The van der Waals surface area contributed by atoms with E-state index in [1.807, 2.05) is 6.92 Å². The molecule has 14 heteroatoms. The first-order chi connectivity index (χ1) is 17.7. The van der Waals surface area contributed by atoms with Crippen LogP contribution < -0.4 is 16.0 Å². The molecule has 0 spiro atoms. The van der Waals surface area contributed by atoms with Gasteiger partial charge in [0.15, 0.2) is 17.0 Å². The van der Waals surface area contributed by atoms with Crippen LogP contribution in [0, 0.1) is 0 Å². The fraction of sp³-hybridized carbons (Fsp3) is 0.348. The maximum Gasteiger partial charge on any atom is 0.324 e. The topological polar surface area (TPSA) is 160 Å². The van der Waals surface area contributed by atoms with E-state index in [-0.39, 0.29) is 23.2 Å². The van der Waals surface area contributed by atoms with E-state index < -0.39 is 28.4 Å². The largest absolute Gasteiger partial charge is 0.354 e. The summed E-state index contributed by atoms with van der Waals surface area (Å²) in [5, 5.41) is 8.04. The second-order valence-electron chi connectivity index (χ2n) is 8.28. The van der Waals surface area contributed by atoms with E-state index in [4.69, 9.17) is 4.74 Å². The molecule has 3 N–H and O–H groups in total. The number of imidazole rings is 1. The molecule has 0 saturated carbocycles. The van der Waals surface area contributed by atoms with Gasteiger partial charge in [0.1, 0.15) is 18.7 Å². The highest BCUT2D eigenvalue weighted by Crippen LogP contribution is 2.31. The number of rotatable bonds is 9. The van der Waals surface area contributed by atoms with Gasteiger partial charge in [0.25, 0.3) is 0 Å². The molecule has 0 radical (unpaired) electrons. The highest BCUT2D eigenvalue weighted by atomic mass is 32.2. The quantitative estimate of drug-likeness (QED) is 0.356. The number of amides is 3. The van der Waals surface area contributed by atoms with Crippen molar-refractivity contribution in [3.8, 4) is 0 Å². The lowest BCUT2D eigenvalue weighted by Crippen LogP contribution is -2.34. The van der Waals surface area contributed by atoms with Crippen LogP contribution in [0.2, 0.25) is 0 Å². The Bertz CT molecular complexity index is 1410. The summed E-state index contributed by atoms with van der Waals surface area (Å²) >= 11 is 0. The lowest BCUT2D eigenvalue weighted by molar-refractivity contribution is -0.133. The number of hydrogen-bond acceptors (Lipinski definition) is 8. The van der Waals surface area contributed by atoms with E-state index in [1.54, 1.807) is 4.57 Å². The Morgan fingerprint density at radius 3 is 2.65 bits per heavy atom. The first-order valence-corrected chi connectivity index (χ1v) is 13.0. The Hall–Kier alpha value is -3.88. The molecular weight excluding hydrogens is 500 g/mol. The zero-order valence-corrected chi connectivity index (χ0v) is 21.2. The summed E-state index contributed by atoms with van der Waals surface area (Å²) in [5.74, 6) is 0.0299. The molecule has 3 amide bonds. The monoisotopic (exact) mass is 528 g/mol. The van der Waals surface area contributed by atoms with Crippen LogP contribution in [0.15, 0.2) is 54.5 Å². The molecule has 13 nitrogen and oxygen atoms in total. The van der Waals surface area contributed by atoms with E-state index in [2.05, 4.69) is 37.5 Å². The number of carbonyl (C=O) groups is 2. The van der Waals surface area contributed by atoms with Crippen molar-refractivity contribution in [2.75, 3.05) is 30.8 Å². The van der Waals surface area contributed by atoms with Crippen LogP contribution in [0.4, 0.5) is 16.3 Å². The third kappa shape index (κ3) is 5.60. The predicted molar refractivity (Wildman–Crippen MR) is 136 cm³/mol. The number of aromatic nitrogens is 4. The number of likely N-dealkylation sites (N-methyl/N-ethyl adjacent to an activating group) is 2. The summed E-state index contributed by atoms with van der Waals surface area (Å²) in [7, 11) is -2.20. The van der Waals surface area contributed by atoms with Crippen molar-refractivity contribution in [2.24, 2.45) is 0 Å². The van der Waals surface area contributed by atoms with Gasteiger partial charge in [-0.25, -0.2) is 28.2 Å². The van der Waals surface area contributed by atoms with Crippen molar-refractivity contribution in [3.05, 3.63) is 49.6 Å². The van der Waals surface area contributed by atoms with Crippen LogP contribution in [0.5, 0.6) is 0 Å². The molecule has 0 unspecified atom stereocenters. The molecule has 1 aliphatic rings. The fourth-order valence-corrected chi connectivity index (χ4v) is 5.04. The maximum atomic E-state index is 12.6. The lowest BCUT2D eigenvalue weighted by atomic mass is 10.2. The molecule has 37 heavy (non-hydrogen) atoms. The first kappa shape index (κ1) is 26.2. The zero-order valence-electron chi connectivity index (χ0n) is 20.4. The molecule has 3 aromatic rings. The van der Waals surface area contributed by atoms with Crippen LogP contribution in [0.25, 0.3) is 11.2 Å². The van der Waals surface area contributed by atoms with Gasteiger partial charge < -0.3 is 15.4 Å². The number of hydrogen-bond donors (Lipinski definition) is 3. The zero-order chi connectivity index (χ0) is 26.6. The normalized spacial score (nSPS) is 17.6. The van der Waals surface area contributed by atoms with Crippen molar-refractivity contribution in [1.29, 1.82) is 0 Å². The molecule has 4 rings (SSSR count). The average Bonchev–Trinajstić information content (AvgIpc) is 3.52. The van der Waals surface area contributed by atoms with Crippen molar-refractivity contribution in [3.63, 3.8) is 0 Å². The Balaban J connectivity index is 1.44. The Kier molecular flexibility index (Phi) is 7.80. The van der Waals surface area contributed by atoms with Crippen molar-refractivity contribution < 1.29 is 22.7 Å². The van der Waals surface area contributed by atoms with Crippen molar-refractivity contribution >= 4 is 44.6 Å². The number of anilines is 2. The SMILES string of the molecule is C=CCN(C)S(=O)(=O)c1ccc(NC(=O)Nc2ncnc3c2ncn3[C@H]2CC[C@@H](C(=O)NCC)O2)cc1. The molecule has 1 saturated heterocycles. The van der Waals surface area contributed by atoms with Crippen LogP contribution in [0.1, 0.15) is 26.0 Å². The van der Waals surface area contributed by atoms with Gasteiger partial charge in [0.2, 0.25) is 15.9 Å². The number of benzene rings is 1. The van der Waals surface area contributed by atoms with Gasteiger partial charge in [-0.1, -0.05) is 6.08 Å². The van der Waals surface area contributed by atoms with Gasteiger partial charge in [-0.05, 0) is 44.0 Å². The van der Waals surface area contributed by atoms with Crippen LogP contribution in [-0.2, 0) is 19.6 Å². The van der Waals surface area contributed by atoms with Crippen molar-refractivity contribution in [1.82, 2.24) is 29.1 Å². The van der Waals surface area contributed by atoms with E-state index in [9.17, 15) is 18.0 Å². The Morgan fingerprint density at radius 2 is 1.95 bits per heavy atom. The molecule has 1 aromatic carbocycles. The van der Waals surface area contributed by atoms with Crippen LogP contribution in [-0.4, -0.2) is 70.4 Å². The van der Waals surface area contributed by atoms with Crippen LogP contribution in [0.3, 0.4) is 0 Å².